The molecule has 3 aromatic rings. The first-order valence-corrected chi connectivity index (χ1v) is 9.25. The maximum Gasteiger partial charge on any atom is 0.335 e. The molecule has 0 saturated carbocycles. The number of aromatic carboxylic acids is 1. The van der Waals surface area contributed by atoms with E-state index in [1.165, 1.54) is 11.1 Å². The van der Waals surface area contributed by atoms with Crippen LogP contribution in [0.1, 0.15) is 34.3 Å². The zero-order valence-corrected chi connectivity index (χ0v) is 15.9. The molecule has 0 aliphatic heterocycles. The van der Waals surface area contributed by atoms with Crippen LogP contribution in [-0.2, 0) is 13.0 Å². The van der Waals surface area contributed by atoms with Crippen molar-refractivity contribution in [3.63, 3.8) is 0 Å². The van der Waals surface area contributed by atoms with E-state index in [1.807, 2.05) is 41.4 Å². The average molecular weight is 376 g/mol. The Morgan fingerprint density at radius 1 is 1.14 bits per heavy atom. The van der Waals surface area contributed by atoms with Gasteiger partial charge in [-0.25, -0.2) is 9.78 Å². The number of carboxylic acid groups (broad SMARTS) is 1. The molecule has 1 heterocycles. The molecule has 0 saturated heterocycles. The van der Waals surface area contributed by atoms with Gasteiger partial charge in [-0.1, -0.05) is 30.3 Å². The Labute approximate surface area is 164 Å². The van der Waals surface area contributed by atoms with Crippen LogP contribution in [0.3, 0.4) is 0 Å². The van der Waals surface area contributed by atoms with Crippen molar-refractivity contribution in [1.29, 1.82) is 0 Å². The number of aromatic nitrogens is 2. The van der Waals surface area contributed by atoms with Gasteiger partial charge in [-0.15, -0.1) is 0 Å². The first kappa shape index (κ1) is 19.4. The Kier molecular flexibility index (Phi) is 6.63. The van der Waals surface area contributed by atoms with E-state index < -0.39 is 5.97 Å². The lowest BCUT2D eigenvalue weighted by Crippen LogP contribution is -2.00. The molecule has 0 spiro atoms. The molecule has 0 radical (unpaired) electrons. The fraction of sp³-hybridized carbons (Fsp3) is 0.217. The Hall–Kier alpha value is -3.34. The first-order valence-electron chi connectivity index (χ1n) is 9.25. The minimum Gasteiger partial charge on any atom is -0.497 e. The number of allylic oxidation sites excluding steroid dienone is 1. The number of hydrogen-bond donors (Lipinski definition) is 1. The van der Waals surface area contributed by atoms with Gasteiger partial charge < -0.3 is 14.4 Å². The second-order valence-corrected chi connectivity index (χ2v) is 6.67. The lowest BCUT2D eigenvalue weighted by molar-refractivity contribution is 0.0697. The Morgan fingerprint density at radius 3 is 2.50 bits per heavy atom. The normalized spacial score (nSPS) is 11.4. The summed E-state index contributed by atoms with van der Waals surface area (Å²) in [6.45, 7) is 0.767. The van der Waals surface area contributed by atoms with E-state index in [-0.39, 0.29) is 0 Å². The minimum absolute atomic E-state index is 0.299. The number of aryl methyl sites for hydroxylation is 1. The number of benzene rings is 2. The van der Waals surface area contributed by atoms with Crippen molar-refractivity contribution in [2.24, 2.45) is 0 Å². The summed E-state index contributed by atoms with van der Waals surface area (Å²) in [6, 6.07) is 15.1. The Morgan fingerprint density at radius 2 is 1.89 bits per heavy atom. The molecule has 3 rings (SSSR count). The molecule has 144 valence electrons. The molecule has 0 bridgehead atoms. The molecule has 5 heteroatoms. The predicted octanol–water partition coefficient (Wildman–Crippen LogP) is 4.70. The molecule has 0 aliphatic rings. The third-order valence-electron chi connectivity index (χ3n) is 4.60. The van der Waals surface area contributed by atoms with Gasteiger partial charge in [-0.3, -0.25) is 0 Å². The van der Waals surface area contributed by atoms with Crippen molar-refractivity contribution in [3.8, 4) is 5.75 Å². The molecule has 0 amide bonds. The van der Waals surface area contributed by atoms with E-state index in [4.69, 9.17) is 9.84 Å². The number of ether oxygens (including phenoxy) is 1. The number of imidazole rings is 1. The average Bonchev–Trinajstić information content (AvgIpc) is 3.22. The summed E-state index contributed by atoms with van der Waals surface area (Å²) in [7, 11) is 1.67. The highest BCUT2D eigenvalue weighted by molar-refractivity contribution is 5.87. The van der Waals surface area contributed by atoms with Crippen LogP contribution in [0.15, 0.2) is 72.8 Å². The third-order valence-corrected chi connectivity index (χ3v) is 4.60. The smallest absolute Gasteiger partial charge is 0.335 e. The SMILES string of the molecule is COc1ccc(CCCC(=Cc2ccc(C(=O)O)cc2)Cn2ccnc2)cc1. The molecule has 0 atom stereocenters. The third kappa shape index (κ3) is 5.58. The summed E-state index contributed by atoms with van der Waals surface area (Å²) in [5.41, 5.74) is 3.86. The van der Waals surface area contributed by atoms with Crippen LogP contribution in [0.4, 0.5) is 0 Å². The maximum absolute atomic E-state index is 11.0. The zero-order chi connectivity index (χ0) is 19.8. The van der Waals surface area contributed by atoms with Crippen molar-refractivity contribution >= 4 is 12.0 Å². The lowest BCUT2D eigenvalue weighted by atomic mass is 10.0. The Balaban J connectivity index is 1.68. The molecule has 0 unspecified atom stereocenters. The summed E-state index contributed by atoms with van der Waals surface area (Å²) in [4.78, 5) is 15.1. The first-order chi connectivity index (χ1) is 13.6. The largest absolute Gasteiger partial charge is 0.497 e. The maximum atomic E-state index is 11.0. The summed E-state index contributed by atoms with van der Waals surface area (Å²) >= 11 is 0. The highest BCUT2D eigenvalue weighted by Crippen LogP contribution is 2.18. The van der Waals surface area contributed by atoms with Crippen LogP contribution in [0.5, 0.6) is 5.75 Å². The van der Waals surface area contributed by atoms with Gasteiger partial charge in [-0.2, -0.15) is 0 Å². The van der Waals surface area contributed by atoms with E-state index in [0.717, 1.165) is 37.1 Å². The van der Waals surface area contributed by atoms with E-state index >= 15 is 0 Å². The van der Waals surface area contributed by atoms with Crippen LogP contribution in [0.25, 0.3) is 6.08 Å². The van der Waals surface area contributed by atoms with Crippen LogP contribution < -0.4 is 4.74 Å². The van der Waals surface area contributed by atoms with Crippen LogP contribution >= 0.6 is 0 Å². The van der Waals surface area contributed by atoms with Gasteiger partial charge in [0.2, 0.25) is 0 Å². The molecule has 2 aromatic carbocycles. The van der Waals surface area contributed by atoms with Crippen molar-refractivity contribution in [1.82, 2.24) is 9.55 Å². The van der Waals surface area contributed by atoms with Crippen molar-refractivity contribution < 1.29 is 14.6 Å². The topological polar surface area (TPSA) is 64.3 Å². The van der Waals surface area contributed by atoms with Crippen molar-refractivity contribution in [2.45, 2.75) is 25.8 Å². The standard InChI is InChI=1S/C23H24N2O3/c1-28-22-11-7-18(8-12-22)3-2-4-20(16-25-14-13-24-17-25)15-19-5-9-21(10-6-19)23(26)27/h5-15,17H,2-4,16H2,1H3,(H,26,27). The van der Waals surface area contributed by atoms with Gasteiger partial charge in [0, 0.05) is 18.9 Å². The summed E-state index contributed by atoms with van der Waals surface area (Å²) in [6.07, 6.45) is 10.6. The number of methoxy groups -OCH3 is 1. The number of nitrogens with zero attached hydrogens (tertiary/aromatic N) is 2. The lowest BCUT2D eigenvalue weighted by Gasteiger charge is -2.10. The van der Waals surface area contributed by atoms with Gasteiger partial charge in [0.15, 0.2) is 0 Å². The Bertz CT molecular complexity index is 911. The van der Waals surface area contributed by atoms with Gasteiger partial charge in [0.25, 0.3) is 0 Å². The summed E-state index contributed by atoms with van der Waals surface area (Å²) in [5, 5.41) is 9.05. The monoisotopic (exact) mass is 376 g/mol. The predicted molar refractivity (Wildman–Crippen MR) is 110 cm³/mol. The second kappa shape index (κ2) is 9.55. The van der Waals surface area contributed by atoms with E-state index in [1.54, 1.807) is 25.4 Å². The van der Waals surface area contributed by atoms with Crippen molar-refractivity contribution in [2.75, 3.05) is 7.11 Å². The minimum atomic E-state index is -0.909. The fourth-order valence-electron chi connectivity index (χ4n) is 3.08. The fourth-order valence-corrected chi connectivity index (χ4v) is 3.08. The van der Waals surface area contributed by atoms with Crippen LogP contribution in [0, 0.1) is 0 Å². The van der Waals surface area contributed by atoms with Crippen LogP contribution in [-0.4, -0.2) is 27.7 Å². The zero-order valence-electron chi connectivity index (χ0n) is 15.9. The van der Waals surface area contributed by atoms with Crippen LogP contribution in [0.2, 0.25) is 0 Å². The number of carbonyl (C=O) groups is 1. The number of rotatable bonds is 9. The van der Waals surface area contributed by atoms with E-state index in [2.05, 4.69) is 23.2 Å². The summed E-state index contributed by atoms with van der Waals surface area (Å²) < 4.78 is 7.25. The highest BCUT2D eigenvalue weighted by Gasteiger charge is 2.04. The number of carboxylic acids is 1. The van der Waals surface area contributed by atoms with Gasteiger partial charge in [0.05, 0.1) is 19.0 Å². The van der Waals surface area contributed by atoms with E-state index in [9.17, 15) is 4.79 Å². The summed E-state index contributed by atoms with van der Waals surface area (Å²) in [5.74, 6) is -0.0390. The molecule has 1 aromatic heterocycles. The molecular weight excluding hydrogens is 352 g/mol. The number of hydrogen-bond acceptors (Lipinski definition) is 3. The second-order valence-electron chi connectivity index (χ2n) is 6.67. The molecule has 0 aliphatic carbocycles. The molecule has 0 fully saturated rings. The van der Waals surface area contributed by atoms with Crippen molar-refractivity contribution in [3.05, 3.63) is 89.5 Å². The quantitative estimate of drug-likeness (QED) is 0.588. The van der Waals surface area contributed by atoms with Gasteiger partial charge in [-0.05, 0) is 60.2 Å². The highest BCUT2D eigenvalue weighted by atomic mass is 16.5. The van der Waals surface area contributed by atoms with Gasteiger partial charge in [0.1, 0.15) is 5.75 Å². The molecule has 28 heavy (non-hydrogen) atoms. The molecule has 1 N–H and O–H groups in total. The van der Waals surface area contributed by atoms with E-state index in [0.29, 0.717) is 5.56 Å². The molecular formula is C23H24N2O3. The molecule has 5 nitrogen and oxygen atoms in total. The van der Waals surface area contributed by atoms with Gasteiger partial charge >= 0.3 is 5.97 Å².